The lowest BCUT2D eigenvalue weighted by Crippen LogP contribution is -2.38. The third kappa shape index (κ3) is 2.86. The third-order valence-electron chi connectivity index (χ3n) is 4.26. The van der Waals surface area contributed by atoms with E-state index in [9.17, 15) is 8.42 Å². The molecular formula is C16H21N3O2S. The molecule has 1 aromatic heterocycles. The molecule has 1 aliphatic heterocycles. The molecule has 0 amide bonds. The maximum atomic E-state index is 12.2. The Labute approximate surface area is 131 Å². The van der Waals surface area contributed by atoms with Gasteiger partial charge in [-0.25, -0.2) is 0 Å². The largest absolute Gasteiger partial charge is 0.281 e. The Morgan fingerprint density at radius 3 is 2.82 bits per heavy atom. The van der Waals surface area contributed by atoms with Crippen molar-refractivity contribution in [2.45, 2.75) is 12.8 Å². The fourth-order valence-electron chi connectivity index (χ4n) is 3.05. The number of aromatic nitrogens is 1. The highest BCUT2D eigenvalue weighted by atomic mass is 32.2. The molecule has 1 unspecified atom stereocenters. The number of nitrogens with zero attached hydrogens (tertiary/aromatic N) is 3. The molecule has 2 aromatic rings. The quantitative estimate of drug-likeness (QED) is 0.865. The van der Waals surface area contributed by atoms with Gasteiger partial charge in [-0.15, -0.1) is 0 Å². The Morgan fingerprint density at radius 1 is 1.27 bits per heavy atom. The lowest BCUT2D eigenvalue weighted by molar-refractivity contribution is 0.410. The number of hydrogen-bond acceptors (Lipinski definition) is 3. The predicted octanol–water partition coefficient (Wildman–Crippen LogP) is 1.91. The molecule has 2 heterocycles. The zero-order chi connectivity index (χ0) is 15.7. The molecule has 0 aliphatic carbocycles. The summed E-state index contributed by atoms with van der Waals surface area (Å²) in [6.07, 6.45) is 3.58. The van der Waals surface area contributed by atoms with Crippen LogP contribution in [-0.4, -0.2) is 49.2 Å². The summed E-state index contributed by atoms with van der Waals surface area (Å²) in [6.45, 7) is 1.19. The highest BCUT2D eigenvalue weighted by Crippen LogP contribution is 2.26. The normalized spacial score (nSPS) is 20.0. The molecule has 0 spiro atoms. The highest BCUT2D eigenvalue weighted by Gasteiger charge is 2.32. The first-order valence-electron chi connectivity index (χ1n) is 7.48. The molecular weight excluding hydrogens is 298 g/mol. The van der Waals surface area contributed by atoms with E-state index in [1.54, 1.807) is 18.4 Å². The first-order valence-corrected chi connectivity index (χ1v) is 8.88. The second-order valence-corrected chi connectivity index (χ2v) is 8.14. The van der Waals surface area contributed by atoms with E-state index in [1.807, 2.05) is 18.3 Å². The average molecular weight is 319 g/mol. The van der Waals surface area contributed by atoms with Gasteiger partial charge in [-0.1, -0.05) is 24.3 Å². The minimum atomic E-state index is -3.29. The van der Waals surface area contributed by atoms with Crippen molar-refractivity contribution in [1.82, 2.24) is 13.6 Å². The molecule has 22 heavy (non-hydrogen) atoms. The van der Waals surface area contributed by atoms with Gasteiger partial charge in [-0.05, 0) is 30.4 Å². The topological polar surface area (TPSA) is 53.5 Å². The molecule has 1 fully saturated rings. The lowest BCUT2D eigenvalue weighted by Gasteiger charge is -2.21. The van der Waals surface area contributed by atoms with Crippen molar-refractivity contribution < 1.29 is 8.42 Å². The molecule has 0 saturated carbocycles. The van der Waals surface area contributed by atoms with E-state index < -0.39 is 10.2 Å². The van der Waals surface area contributed by atoms with Gasteiger partial charge in [0, 0.05) is 38.8 Å². The molecule has 1 aliphatic rings. The molecule has 1 aromatic carbocycles. The van der Waals surface area contributed by atoms with E-state index in [4.69, 9.17) is 0 Å². The molecule has 1 saturated heterocycles. The van der Waals surface area contributed by atoms with Crippen LogP contribution in [0.3, 0.4) is 0 Å². The Morgan fingerprint density at radius 2 is 2.05 bits per heavy atom. The van der Waals surface area contributed by atoms with E-state index in [2.05, 4.69) is 23.2 Å². The van der Waals surface area contributed by atoms with Crippen LogP contribution >= 0.6 is 0 Å². The maximum Gasteiger partial charge on any atom is 0.281 e. The van der Waals surface area contributed by atoms with Crippen LogP contribution in [0.15, 0.2) is 36.5 Å². The monoisotopic (exact) mass is 319 g/mol. The third-order valence-corrected chi connectivity index (χ3v) is 6.17. The van der Waals surface area contributed by atoms with Gasteiger partial charge < -0.3 is 0 Å². The number of rotatable bonds is 4. The maximum absolute atomic E-state index is 12.2. The smallest absolute Gasteiger partial charge is 0.256 e. The molecule has 118 valence electrons. The van der Waals surface area contributed by atoms with E-state index in [0.29, 0.717) is 19.0 Å². The van der Waals surface area contributed by atoms with Crippen LogP contribution in [0.1, 0.15) is 12.0 Å². The summed E-state index contributed by atoms with van der Waals surface area (Å²) in [5.74, 6) is 0.349. The first kappa shape index (κ1) is 15.4. The van der Waals surface area contributed by atoms with Crippen LogP contribution in [0.4, 0.5) is 0 Å². The van der Waals surface area contributed by atoms with Gasteiger partial charge in [-0.3, -0.25) is 4.98 Å². The Bertz CT molecular complexity index is 769. The van der Waals surface area contributed by atoms with Crippen LogP contribution in [-0.2, 0) is 16.6 Å². The number of hydrogen-bond donors (Lipinski definition) is 0. The van der Waals surface area contributed by atoms with Gasteiger partial charge in [0.25, 0.3) is 10.2 Å². The molecule has 0 radical (unpaired) electrons. The number of para-hydroxylation sites is 1. The zero-order valence-corrected chi connectivity index (χ0v) is 13.8. The minimum absolute atomic E-state index is 0.349. The molecule has 1 atom stereocenters. The number of benzene rings is 1. The zero-order valence-electron chi connectivity index (χ0n) is 12.9. The lowest BCUT2D eigenvalue weighted by atomic mass is 9.97. The van der Waals surface area contributed by atoms with Crippen molar-refractivity contribution in [3.8, 4) is 0 Å². The van der Waals surface area contributed by atoms with Crippen LogP contribution in [0.5, 0.6) is 0 Å². The van der Waals surface area contributed by atoms with E-state index in [-0.39, 0.29) is 0 Å². The van der Waals surface area contributed by atoms with Crippen LogP contribution in [0.2, 0.25) is 0 Å². The van der Waals surface area contributed by atoms with Gasteiger partial charge in [0.2, 0.25) is 0 Å². The van der Waals surface area contributed by atoms with Gasteiger partial charge in [-0.2, -0.15) is 17.0 Å². The van der Waals surface area contributed by atoms with Crippen LogP contribution < -0.4 is 0 Å². The predicted molar refractivity (Wildman–Crippen MR) is 87.7 cm³/mol. The van der Waals surface area contributed by atoms with Crippen molar-refractivity contribution in [1.29, 1.82) is 0 Å². The standard InChI is InChI=1S/C16H21N3O2S/c1-18(2)22(20,21)19-10-8-13(12-19)11-15-6-3-5-14-7-4-9-17-16(14)15/h3-7,9,13H,8,10-12H2,1-2H3. The second kappa shape index (κ2) is 5.95. The van der Waals surface area contributed by atoms with Crippen LogP contribution in [0, 0.1) is 5.92 Å². The summed E-state index contributed by atoms with van der Waals surface area (Å²) in [7, 11) is -0.132. The van der Waals surface area contributed by atoms with E-state index in [1.165, 1.54) is 9.87 Å². The van der Waals surface area contributed by atoms with Crippen molar-refractivity contribution in [2.24, 2.45) is 5.92 Å². The highest BCUT2D eigenvalue weighted by molar-refractivity contribution is 7.86. The molecule has 0 N–H and O–H groups in total. The fourth-order valence-corrected chi connectivity index (χ4v) is 4.24. The number of pyridine rings is 1. The number of fused-ring (bicyclic) bond motifs is 1. The van der Waals surface area contributed by atoms with Gasteiger partial charge in [0.05, 0.1) is 5.52 Å². The average Bonchev–Trinajstić information content (AvgIpc) is 2.97. The first-order chi connectivity index (χ1) is 10.5. The minimum Gasteiger partial charge on any atom is -0.256 e. The summed E-state index contributed by atoms with van der Waals surface area (Å²) in [5.41, 5.74) is 2.23. The molecule has 3 rings (SSSR count). The van der Waals surface area contributed by atoms with Crippen molar-refractivity contribution in [3.63, 3.8) is 0 Å². The van der Waals surface area contributed by atoms with Gasteiger partial charge in [0.1, 0.15) is 0 Å². The summed E-state index contributed by atoms with van der Waals surface area (Å²) in [4.78, 5) is 4.48. The Balaban J connectivity index is 1.78. The molecule has 5 nitrogen and oxygen atoms in total. The summed E-state index contributed by atoms with van der Waals surface area (Å²) >= 11 is 0. The summed E-state index contributed by atoms with van der Waals surface area (Å²) in [6, 6.07) is 10.2. The van der Waals surface area contributed by atoms with Crippen molar-refractivity contribution in [2.75, 3.05) is 27.2 Å². The van der Waals surface area contributed by atoms with E-state index in [0.717, 1.165) is 23.7 Å². The van der Waals surface area contributed by atoms with E-state index >= 15 is 0 Å². The van der Waals surface area contributed by atoms with Crippen molar-refractivity contribution in [3.05, 3.63) is 42.1 Å². The summed E-state index contributed by atoms with van der Waals surface area (Å²) in [5, 5.41) is 1.13. The molecule has 6 heteroatoms. The van der Waals surface area contributed by atoms with Crippen LogP contribution in [0.25, 0.3) is 10.9 Å². The SMILES string of the molecule is CN(C)S(=O)(=O)N1CCC(Cc2cccc3cccnc23)C1. The fraction of sp³-hybridized carbons (Fsp3) is 0.438. The summed E-state index contributed by atoms with van der Waals surface area (Å²) < 4.78 is 27.2. The van der Waals surface area contributed by atoms with Crippen molar-refractivity contribution >= 4 is 21.1 Å². The van der Waals surface area contributed by atoms with Gasteiger partial charge in [0.15, 0.2) is 0 Å². The van der Waals surface area contributed by atoms with Gasteiger partial charge >= 0.3 is 0 Å². The Kier molecular flexibility index (Phi) is 4.16. The second-order valence-electron chi connectivity index (χ2n) is 6.00. The Hall–Kier alpha value is -1.50. The molecule has 0 bridgehead atoms.